The summed E-state index contributed by atoms with van der Waals surface area (Å²) in [5, 5.41) is 13.2. The zero-order valence-electron chi connectivity index (χ0n) is 17.3. The second-order valence-corrected chi connectivity index (χ2v) is 7.95. The van der Waals surface area contributed by atoms with Gasteiger partial charge in [0, 0.05) is 5.56 Å². The molecule has 2 heterocycles. The summed E-state index contributed by atoms with van der Waals surface area (Å²) in [7, 11) is 0. The zero-order valence-corrected chi connectivity index (χ0v) is 17.3. The van der Waals surface area contributed by atoms with Crippen LogP contribution in [0.3, 0.4) is 0 Å². The minimum Gasteiger partial charge on any atom is -0.390 e. The van der Waals surface area contributed by atoms with E-state index in [9.17, 15) is 5.11 Å². The number of aliphatic hydroxyl groups is 1. The summed E-state index contributed by atoms with van der Waals surface area (Å²) in [6.45, 7) is 7.74. The number of fused-ring (bicyclic) bond motifs is 1. The predicted molar refractivity (Wildman–Crippen MR) is 123 cm³/mol. The zero-order chi connectivity index (χ0) is 21.1. The van der Waals surface area contributed by atoms with Gasteiger partial charge in [0.05, 0.1) is 23.2 Å². The van der Waals surface area contributed by atoms with Gasteiger partial charge >= 0.3 is 0 Å². The molecule has 0 atom stereocenters. The lowest BCUT2D eigenvalue weighted by molar-refractivity contribution is -0.0440. The largest absolute Gasteiger partial charge is 0.390 e. The van der Waals surface area contributed by atoms with E-state index in [2.05, 4.69) is 23.0 Å². The fourth-order valence-electron chi connectivity index (χ4n) is 3.86. The van der Waals surface area contributed by atoms with E-state index in [1.165, 1.54) is 0 Å². The number of nitrogens with zero attached hydrogens (tertiary/aromatic N) is 3. The number of aliphatic imine (C=N–C) groups is 1. The highest BCUT2D eigenvalue weighted by Gasteiger charge is 2.39. The molecule has 0 bridgehead atoms. The molecule has 5 heteroatoms. The van der Waals surface area contributed by atoms with E-state index >= 15 is 0 Å². The Morgan fingerprint density at radius 2 is 2.00 bits per heavy atom. The van der Waals surface area contributed by atoms with Crippen molar-refractivity contribution < 1.29 is 5.11 Å². The first kappa shape index (κ1) is 20.0. The van der Waals surface area contributed by atoms with Crippen LogP contribution in [0.2, 0.25) is 0 Å². The smallest absolute Gasteiger partial charge is 0.159 e. The lowest BCUT2D eigenvalue weighted by Crippen LogP contribution is -2.41. The third kappa shape index (κ3) is 4.16. The Kier molecular flexibility index (Phi) is 5.46. The summed E-state index contributed by atoms with van der Waals surface area (Å²) in [6.07, 6.45) is 13.1. The lowest BCUT2D eigenvalue weighted by Gasteiger charge is -2.41. The highest BCUT2D eigenvalue weighted by atomic mass is 16.3. The second kappa shape index (κ2) is 8.20. The summed E-state index contributed by atoms with van der Waals surface area (Å²) in [6, 6.07) is 10.0. The summed E-state index contributed by atoms with van der Waals surface area (Å²) in [5.74, 6) is 1.80. The molecule has 1 fully saturated rings. The fourth-order valence-corrected chi connectivity index (χ4v) is 3.86. The minimum atomic E-state index is -0.557. The van der Waals surface area contributed by atoms with Crippen molar-refractivity contribution in [3.63, 3.8) is 0 Å². The molecular formula is C25H26N4O. The Balaban J connectivity index is 1.69. The second-order valence-electron chi connectivity index (χ2n) is 7.95. The van der Waals surface area contributed by atoms with Gasteiger partial charge in [0.25, 0.3) is 0 Å². The van der Waals surface area contributed by atoms with Crippen molar-refractivity contribution in [2.45, 2.75) is 32.3 Å². The summed E-state index contributed by atoms with van der Waals surface area (Å²) < 4.78 is 0. The first-order valence-corrected chi connectivity index (χ1v) is 10.2. The number of hydrogen-bond acceptors (Lipinski definition) is 5. The van der Waals surface area contributed by atoms with Crippen molar-refractivity contribution in [1.29, 1.82) is 0 Å². The van der Waals surface area contributed by atoms with Gasteiger partial charge in [0.2, 0.25) is 0 Å². The maximum absolute atomic E-state index is 10.0. The number of benzene rings is 1. The highest BCUT2D eigenvalue weighted by molar-refractivity contribution is 5.89. The van der Waals surface area contributed by atoms with Crippen LogP contribution in [0, 0.1) is 5.92 Å². The highest BCUT2D eigenvalue weighted by Crippen LogP contribution is 2.42. The van der Waals surface area contributed by atoms with Crippen molar-refractivity contribution in [1.82, 2.24) is 9.97 Å². The van der Waals surface area contributed by atoms with Gasteiger partial charge in [-0.25, -0.2) is 15.0 Å². The third-order valence-electron chi connectivity index (χ3n) is 5.46. The monoisotopic (exact) mass is 398 g/mol. The Hall–Kier alpha value is -3.31. The molecule has 0 unspecified atom stereocenters. The molecule has 1 aliphatic heterocycles. The van der Waals surface area contributed by atoms with Gasteiger partial charge in [-0.15, -0.1) is 0 Å². The van der Waals surface area contributed by atoms with Gasteiger partial charge in [-0.2, -0.15) is 0 Å². The van der Waals surface area contributed by atoms with Crippen LogP contribution in [0.5, 0.6) is 0 Å². The molecular weight excluding hydrogens is 372 g/mol. The van der Waals surface area contributed by atoms with Gasteiger partial charge < -0.3 is 10.4 Å². The van der Waals surface area contributed by atoms with Crippen molar-refractivity contribution in [3.8, 4) is 11.3 Å². The number of nitrogens with one attached hydrogen (secondary N) is 1. The van der Waals surface area contributed by atoms with Gasteiger partial charge in [0.15, 0.2) is 5.82 Å². The van der Waals surface area contributed by atoms with Crippen molar-refractivity contribution >= 4 is 18.1 Å². The standard InChI is InChI=1S/C25H26N4O/c1-4-17(19-14-25(3,30)15-19)12-9-13-20-23(18-10-7-6-8-11-18)27-21-16-26-22(5-2)29-24(21)28-20/h4-13,16,19,30H,1,14-15H2,2-3H3,(H,28,29)/b13-9+,17-12+,22-5-. The van der Waals surface area contributed by atoms with Crippen LogP contribution in [-0.2, 0) is 0 Å². The van der Waals surface area contributed by atoms with E-state index in [-0.39, 0.29) is 0 Å². The average molecular weight is 399 g/mol. The molecule has 1 aliphatic carbocycles. The molecule has 152 valence electrons. The number of rotatable bonds is 5. The summed E-state index contributed by atoms with van der Waals surface area (Å²) in [5.41, 5.74) is 3.88. The van der Waals surface area contributed by atoms with Crippen LogP contribution in [0.4, 0.5) is 5.82 Å². The maximum Gasteiger partial charge on any atom is 0.159 e. The van der Waals surface area contributed by atoms with E-state index in [4.69, 9.17) is 9.97 Å². The molecule has 0 saturated heterocycles. The molecule has 0 radical (unpaired) electrons. The Labute approximate surface area is 177 Å². The van der Waals surface area contributed by atoms with Gasteiger partial charge in [0.1, 0.15) is 11.5 Å². The predicted octanol–water partition coefficient (Wildman–Crippen LogP) is 5.14. The van der Waals surface area contributed by atoms with Crippen LogP contribution in [-0.4, -0.2) is 26.9 Å². The molecule has 0 spiro atoms. The van der Waals surface area contributed by atoms with Crippen molar-refractivity contribution in [2.24, 2.45) is 10.9 Å². The van der Waals surface area contributed by atoms with Crippen LogP contribution in [0.25, 0.3) is 17.3 Å². The summed E-state index contributed by atoms with van der Waals surface area (Å²) in [4.78, 5) is 14.0. The Morgan fingerprint density at radius 3 is 2.67 bits per heavy atom. The van der Waals surface area contributed by atoms with Crippen LogP contribution in [0.15, 0.2) is 77.6 Å². The van der Waals surface area contributed by atoms with Crippen molar-refractivity contribution in [3.05, 3.63) is 84.0 Å². The molecule has 2 aromatic rings. The molecule has 0 amide bonds. The van der Waals surface area contributed by atoms with E-state index in [1.807, 2.05) is 68.5 Å². The van der Waals surface area contributed by atoms with E-state index in [0.29, 0.717) is 11.7 Å². The first-order chi connectivity index (χ1) is 14.5. The van der Waals surface area contributed by atoms with E-state index in [0.717, 1.165) is 46.9 Å². The Morgan fingerprint density at radius 1 is 1.23 bits per heavy atom. The quantitative estimate of drug-likeness (QED) is 0.685. The first-order valence-electron chi connectivity index (χ1n) is 10.2. The number of allylic oxidation sites excluding steroid dienone is 5. The van der Waals surface area contributed by atoms with Gasteiger partial charge in [-0.3, -0.25) is 0 Å². The van der Waals surface area contributed by atoms with Gasteiger partial charge in [-0.05, 0) is 50.3 Å². The maximum atomic E-state index is 10.0. The molecule has 4 rings (SSSR count). The minimum absolute atomic E-state index is 0.348. The Bertz CT molecular complexity index is 1070. The fraction of sp³-hybridized carbons (Fsp3) is 0.240. The molecule has 1 saturated carbocycles. The van der Waals surface area contributed by atoms with E-state index < -0.39 is 5.60 Å². The molecule has 30 heavy (non-hydrogen) atoms. The topological polar surface area (TPSA) is 70.4 Å². The molecule has 2 aliphatic rings. The van der Waals surface area contributed by atoms with Crippen LogP contribution in [0.1, 0.15) is 38.1 Å². The van der Waals surface area contributed by atoms with E-state index in [1.54, 1.807) is 6.21 Å². The third-order valence-corrected chi connectivity index (χ3v) is 5.46. The molecule has 5 nitrogen and oxygen atoms in total. The lowest BCUT2D eigenvalue weighted by atomic mass is 9.68. The number of hydrogen-bond donors (Lipinski definition) is 2. The number of aromatic nitrogens is 2. The average Bonchev–Trinajstić information content (AvgIpc) is 2.74. The number of anilines is 1. The summed E-state index contributed by atoms with van der Waals surface area (Å²) >= 11 is 0. The van der Waals surface area contributed by atoms with Crippen LogP contribution < -0.4 is 5.32 Å². The van der Waals surface area contributed by atoms with Crippen molar-refractivity contribution in [2.75, 3.05) is 5.32 Å². The normalized spacial score (nSPS) is 24.4. The van der Waals surface area contributed by atoms with Gasteiger partial charge in [-0.1, -0.05) is 55.1 Å². The molecule has 1 aromatic heterocycles. The molecule has 1 aromatic carbocycles. The molecule has 2 N–H and O–H groups in total. The SMILES string of the molecule is C=C/C(=C\C=C\c1nc2c(nc1-c1ccccc1)C=N/C(=C/C)N2)C1CC(C)(O)C1. The van der Waals surface area contributed by atoms with Crippen LogP contribution >= 0.6 is 0 Å².